The van der Waals surface area contributed by atoms with Gasteiger partial charge in [-0.1, -0.05) is 12.1 Å². The Labute approximate surface area is 174 Å². The topological polar surface area (TPSA) is 74.3 Å². The van der Waals surface area contributed by atoms with Crippen LogP contribution in [-0.2, 0) is 25.4 Å². The van der Waals surface area contributed by atoms with Crippen LogP contribution in [0, 0.1) is 0 Å². The third-order valence-corrected chi connectivity index (χ3v) is 3.94. The van der Waals surface area contributed by atoms with Crippen LogP contribution in [0.5, 0.6) is 5.75 Å². The number of rotatable bonds is 10. The van der Waals surface area contributed by atoms with Crippen molar-refractivity contribution in [2.24, 2.45) is 0 Å². The van der Waals surface area contributed by atoms with Gasteiger partial charge in [-0.25, -0.2) is 4.79 Å². The van der Waals surface area contributed by atoms with Crippen LogP contribution < -0.4 is 4.74 Å². The first kappa shape index (κ1) is 24.8. The highest BCUT2D eigenvalue weighted by atomic mass is 16.6. The van der Waals surface area contributed by atoms with E-state index in [4.69, 9.17) is 18.9 Å². The van der Waals surface area contributed by atoms with Gasteiger partial charge in [0, 0.05) is 20.1 Å². The highest BCUT2D eigenvalue weighted by Crippen LogP contribution is 2.16. The van der Waals surface area contributed by atoms with Crippen molar-refractivity contribution in [1.29, 1.82) is 0 Å². The van der Waals surface area contributed by atoms with E-state index in [1.165, 1.54) is 11.8 Å². The van der Waals surface area contributed by atoms with Gasteiger partial charge in [0.25, 0.3) is 0 Å². The van der Waals surface area contributed by atoms with Gasteiger partial charge in [-0.3, -0.25) is 4.79 Å². The van der Waals surface area contributed by atoms with E-state index >= 15 is 0 Å². The fourth-order valence-corrected chi connectivity index (χ4v) is 2.56. The number of benzene rings is 1. The van der Waals surface area contributed by atoms with E-state index in [-0.39, 0.29) is 19.2 Å². The zero-order chi connectivity index (χ0) is 22.0. The van der Waals surface area contributed by atoms with E-state index in [1.807, 2.05) is 58.9 Å². The minimum Gasteiger partial charge on any atom is -0.490 e. The second-order valence-electron chi connectivity index (χ2n) is 8.16. The molecule has 0 spiro atoms. The molecule has 1 unspecified atom stereocenters. The van der Waals surface area contributed by atoms with E-state index < -0.39 is 23.8 Å². The van der Waals surface area contributed by atoms with Crippen molar-refractivity contribution in [1.82, 2.24) is 4.90 Å². The molecule has 1 atom stereocenters. The lowest BCUT2D eigenvalue weighted by atomic mass is 10.1. The molecule has 0 fully saturated rings. The van der Waals surface area contributed by atoms with Gasteiger partial charge >= 0.3 is 12.1 Å². The van der Waals surface area contributed by atoms with Crippen LogP contribution in [0.1, 0.15) is 47.1 Å². The first-order valence-corrected chi connectivity index (χ1v) is 9.89. The lowest BCUT2D eigenvalue weighted by molar-refractivity contribution is -0.149. The fourth-order valence-electron chi connectivity index (χ4n) is 2.56. The van der Waals surface area contributed by atoms with E-state index in [0.29, 0.717) is 12.4 Å². The van der Waals surface area contributed by atoms with Gasteiger partial charge in [0.15, 0.2) is 6.10 Å². The number of nitrogens with zero attached hydrogens (tertiary/aromatic N) is 1. The van der Waals surface area contributed by atoms with Crippen LogP contribution in [-0.4, -0.2) is 61.6 Å². The van der Waals surface area contributed by atoms with Crippen molar-refractivity contribution in [2.45, 2.75) is 65.7 Å². The van der Waals surface area contributed by atoms with Gasteiger partial charge in [0.1, 0.15) is 18.0 Å². The quantitative estimate of drug-likeness (QED) is 0.547. The van der Waals surface area contributed by atoms with Gasteiger partial charge in [-0.2, -0.15) is 0 Å². The summed E-state index contributed by atoms with van der Waals surface area (Å²) in [6.45, 7) is 11.5. The van der Waals surface area contributed by atoms with E-state index in [2.05, 4.69) is 0 Å². The molecular weight excluding hydrogens is 374 g/mol. The zero-order valence-corrected chi connectivity index (χ0v) is 18.7. The van der Waals surface area contributed by atoms with Gasteiger partial charge in [-0.15, -0.1) is 0 Å². The number of hydrogen-bond donors (Lipinski definition) is 0. The predicted molar refractivity (Wildman–Crippen MR) is 111 cm³/mol. The van der Waals surface area contributed by atoms with Crippen LogP contribution in [0.2, 0.25) is 0 Å². The van der Waals surface area contributed by atoms with Gasteiger partial charge in [0.05, 0.1) is 13.2 Å². The molecule has 0 aliphatic heterocycles. The average molecular weight is 410 g/mol. The summed E-state index contributed by atoms with van der Waals surface area (Å²) in [5, 5.41) is 0. The number of carbonyl (C=O) groups excluding carboxylic acids is 2. The molecule has 0 N–H and O–H groups in total. The molecule has 0 aliphatic rings. The van der Waals surface area contributed by atoms with E-state index in [9.17, 15) is 9.59 Å². The average Bonchev–Trinajstić information content (AvgIpc) is 2.60. The summed E-state index contributed by atoms with van der Waals surface area (Å²) < 4.78 is 21.7. The number of methoxy groups -OCH3 is 1. The molecule has 0 aromatic heterocycles. The highest BCUT2D eigenvalue weighted by Gasteiger charge is 2.28. The molecule has 1 amide bonds. The zero-order valence-electron chi connectivity index (χ0n) is 18.7. The predicted octanol–water partition coefficient (Wildman–Crippen LogP) is 3.83. The first-order valence-electron chi connectivity index (χ1n) is 9.89. The summed E-state index contributed by atoms with van der Waals surface area (Å²) >= 11 is 0. The molecule has 29 heavy (non-hydrogen) atoms. The number of carbonyl (C=O) groups is 2. The summed E-state index contributed by atoms with van der Waals surface area (Å²) in [7, 11) is 1.67. The van der Waals surface area contributed by atoms with Crippen molar-refractivity contribution in [3.8, 4) is 5.75 Å². The molecule has 164 valence electrons. The van der Waals surface area contributed by atoms with E-state index in [1.54, 1.807) is 7.11 Å². The molecule has 0 aliphatic carbocycles. The SMILES string of the molecule is COCCc1ccc(OCC(CN(C(=O)OC(C)(C)C)C(C)C)OC(C)=O)cc1. The van der Waals surface area contributed by atoms with Crippen molar-refractivity contribution >= 4 is 12.1 Å². The van der Waals surface area contributed by atoms with Gasteiger partial charge < -0.3 is 23.8 Å². The number of ether oxygens (including phenoxy) is 4. The second kappa shape index (κ2) is 11.7. The second-order valence-corrected chi connectivity index (χ2v) is 8.16. The molecule has 1 aromatic carbocycles. The number of hydrogen-bond acceptors (Lipinski definition) is 6. The minimum absolute atomic E-state index is 0.122. The molecule has 0 radical (unpaired) electrons. The monoisotopic (exact) mass is 409 g/mol. The third kappa shape index (κ3) is 10.2. The lowest BCUT2D eigenvalue weighted by Crippen LogP contribution is -2.47. The molecule has 0 bridgehead atoms. The van der Waals surface area contributed by atoms with Crippen molar-refractivity contribution in [3.05, 3.63) is 29.8 Å². The normalized spacial score (nSPS) is 12.4. The third-order valence-electron chi connectivity index (χ3n) is 3.94. The van der Waals surface area contributed by atoms with Crippen molar-refractivity contribution in [2.75, 3.05) is 26.9 Å². The summed E-state index contributed by atoms with van der Waals surface area (Å²) in [6, 6.07) is 7.54. The highest BCUT2D eigenvalue weighted by molar-refractivity contribution is 5.69. The molecule has 0 heterocycles. The number of esters is 1. The first-order chi connectivity index (χ1) is 13.5. The Hall–Kier alpha value is -2.28. The largest absolute Gasteiger partial charge is 0.490 e. The number of amides is 1. The Bertz CT molecular complexity index is 636. The smallest absolute Gasteiger partial charge is 0.410 e. The summed E-state index contributed by atoms with van der Waals surface area (Å²) in [5.41, 5.74) is 0.536. The Balaban J connectivity index is 2.77. The van der Waals surface area contributed by atoms with Crippen LogP contribution in [0.25, 0.3) is 0 Å². The summed E-state index contributed by atoms with van der Waals surface area (Å²) in [4.78, 5) is 25.6. The van der Waals surface area contributed by atoms with Crippen LogP contribution >= 0.6 is 0 Å². The maximum Gasteiger partial charge on any atom is 0.410 e. The lowest BCUT2D eigenvalue weighted by Gasteiger charge is -2.32. The molecular formula is C22H35NO6. The summed E-state index contributed by atoms with van der Waals surface area (Å²) in [6.07, 6.45) is -0.241. The summed E-state index contributed by atoms with van der Waals surface area (Å²) in [5.74, 6) is 0.234. The van der Waals surface area contributed by atoms with Gasteiger partial charge in [-0.05, 0) is 58.7 Å². The Kier molecular flexibility index (Phi) is 9.95. The Morgan fingerprint density at radius 2 is 1.72 bits per heavy atom. The van der Waals surface area contributed by atoms with Crippen LogP contribution in [0.4, 0.5) is 4.79 Å². The van der Waals surface area contributed by atoms with Crippen LogP contribution in [0.3, 0.4) is 0 Å². The molecule has 0 saturated heterocycles. The van der Waals surface area contributed by atoms with Crippen molar-refractivity contribution in [3.63, 3.8) is 0 Å². The maximum absolute atomic E-state index is 12.5. The standard InChI is InChI=1S/C22H35NO6/c1-16(2)23(21(25)29-22(4,5)6)14-20(28-17(3)24)15-27-19-10-8-18(9-11-19)12-13-26-7/h8-11,16,20H,12-15H2,1-7H3. The maximum atomic E-state index is 12.5. The molecule has 7 heteroatoms. The Morgan fingerprint density at radius 3 is 2.21 bits per heavy atom. The van der Waals surface area contributed by atoms with Gasteiger partial charge in [0.2, 0.25) is 0 Å². The molecule has 0 saturated carbocycles. The van der Waals surface area contributed by atoms with E-state index in [0.717, 1.165) is 12.0 Å². The molecule has 7 nitrogen and oxygen atoms in total. The van der Waals surface area contributed by atoms with Crippen molar-refractivity contribution < 1.29 is 28.5 Å². The minimum atomic E-state index is -0.615. The molecule has 1 aromatic rings. The fraction of sp³-hybridized carbons (Fsp3) is 0.636. The Morgan fingerprint density at radius 1 is 1.10 bits per heavy atom. The van der Waals surface area contributed by atoms with Crippen LogP contribution in [0.15, 0.2) is 24.3 Å². The molecule has 1 rings (SSSR count).